The lowest BCUT2D eigenvalue weighted by molar-refractivity contribution is -0.117. The summed E-state index contributed by atoms with van der Waals surface area (Å²) in [5.41, 5.74) is 12.7. The second-order valence-electron chi connectivity index (χ2n) is 6.98. The Morgan fingerprint density at radius 3 is 2.60 bits per heavy atom. The van der Waals surface area contributed by atoms with Crippen LogP contribution in [0.3, 0.4) is 0 Å². The van der Waals surface area contributed by atoms with E-state index in [9.17, 15) is 14.3 Å². The molecule has 2 aromatic rings. The van der Waals surface area contributed by atoms with E-state index in [4.69, 9.17) is 11.5 Å². The quantitative estimate of drug-likeness (QED) is 0.528. The van der Waals surface area contributed by atoms with E-state index in [0.29, 0.717) is 29.3 Å². The zero-order valence-electron chi connectivity index (χ0n) is 16.3. The second-order valence-corrected chi connectivity index (χ2v) is 8.10. The molecule has 0 bridgehead atoms. The Morgan fingerprint density at radius 2 is 1.97 bits per heavy atom. The first-order valence-electron chi connectivity index (χ1n) is 8.89. The number of anilines is 1. The maximum Gasteiger partial charge on any atom is 0.241 e. The number of aromatic hydroxyl groups is 1. The monoisotopic (exact) mass is 474 g/mol. The third-order valence-corrected chi connectivity index (χ3v) is 5.53. The molecule has 0 fully saturated rings. The van der Waals surface area contributed by atoms with Crippen LogP contribution in [-0.2, 0) is 16.8 Å². The molecule has 0 saturated heterocycles. The molecule has 2 aromatic carbocycles. The second kappa shape index (κ2) is 10.9. The minimum absolute atomic E-state index is 0. The molecule has 30 heavy (non-hydrogen) atoms. The number of thioether (sulfide) groups is 1. The molecular formula is C20H25Cl2FN4O2S. The number of phenols is 1. The summed E-state index contributed by atoms with van der Waals surface area (Å²) in [5, 5.41) is 12.5. The number of hydrogen-bond acceptors (Lipinski definition) is 6. The number of hydrogen-bond donors (Lipinski definition) is 4. The lowest BCUT2D eigenvalue weighted by atomic mass is 9.89. The van der Waals surface area contributed by atoms with E-state index in [2.05, 4.69) is 10.3 Å². The smallest absolute Gasteiger partial charge is 0.241 e. The highest BCUT2D eigenvalue weighted by Crippen LogP contribution is 2.37. The Hall–Kier alpha value is -2.00. The molecule has 0 spiro atoms. The van der Waals surface area contributed by atoms with Crippen molar-refractivity contribution in [2.24, 2.45) is 16.5 Å². The molecule has 2 atom stereocenters. The first-order chi connectivity index (χ1) is 13.3. The molecule has 3 rings (SSSR count). The van der Waals surface area contributed by atoms with E-state index in [-0.39, 0.29) is 36.5 Å². The fourth-order valence-electron chi connectivity index (χ4n) is 3.11. The Bertz CT molecular complexity index is 914. The van der Waals surface area contributed by atoms with Crippen molar-refractivity contribution in [2.45, 2.75) is 31.3 Å². The molecule has 1 amide bonds. The van der Waals surface area contributed by atoms with E-state index in [1.54, 1.807) is 30.3 Å². The predicted octanol–water partition coefficient (Wildman–Crippen LogP) is 3.55. The third-order valence-electron chi connectivity index (χ3n) is 4.74. The average molecular weight is 475 g/mol. The Morgan fingerprint density at radius 1 is 1.30 bits per heavy atom. The van der Waals surface area contributed by atoms with E-state index in [0.717, 1.165) is 11.3 Å². The van der Waals surface area contributed by atoms with Crippen LogP contribution in [0.5, 0.6) is 5.75 Å². The number of carbonyl (C=O) groups excluding carboxylic acids is 1. The lowest BCUT2D eigenvalue weighted by Crippen LogP contribution is -2.37. The van der Waals surface area contributed by atoms with Crippen molar-refractivity contribution in [2.75, 3.05) is 11.1 Å². The van der Waals surface area contributed by atoms with Crippen LogP contribution < -0.4 is 16.8 Å². The van der Waals surface area contributed by atoms with Crippen molar-refractivity contribution in [1.82, 2.24) is 0 Å². The Kier molecular flexibility index (Phi) is 9.42. The summed E-state index contributed by atoms with van der Waals surface area (Å²) in [4.78, 5) is 16.9. The SMILES string of the molecule is C[C@@]1(c2cc(NC(=O)[C@H](N)Cc3ccc(O)cc3)ccc2F)CCSC(N)=N1.Cl.Cl. The normalized spacial score (nSPS) is 19.0. The molecule has 0 radical (unpaired) electrons. The van der Waals surface area contributed by atoms with Gasteiger partial charge in [0, 0.05) is 17.0 Å². The zero-order valence-corrected chi connectivity index (χ0v) is 18.7. The summed E-state index contributed by atoms with van der Waals surface area (Å²) >= 11 is 1.44. The fourth-order valence-corrected chi connectivity index (χ4v) is 4.08. The predicted molar refractivity (Wildman–Crippen MR) is 125 cm³/mol. The van der Waals surface area contributed by atoms with Crippen molar-refractivity contribution in [3.63, 3.8) is 0 Å². The zero-order chi connectivity index (χ0) is 20.3. The summed E-state index contributed by atoms with van der Waals surface area (Å²) in [7, 11) is 0. The van der Waals surface area contributed by atoms with Gasteiger partial charge >= 0.3 is 0 Å². The van der Waals surface area contributed by atoms with Crippen molar-refractivity contribution in [3.05, 3.63) is 59.4 Å². The largest absolute Gasteiger partial charge is 0.508 e. The molecule has 164 valence electrons. The number of nitrogens with two attached hydrogens (primary N) is 2. The van der Waals surface area contributed by atoms with Crippen LogP contribution in [0.4, 0.5) is 10.1 Å². The van der Waals surface area contributed by atoms with Gasteiger partial charge in [-0.1, -0.05) is 23.9 Å². The van der Waals surface area contributed by atoms with Gasteiger partial charge < -0.3 is 21.9 Å². The van der Waals surface area contributed by atoms with Crippen LogP contribution in [0.1, 0.15) is 24.5 Å². The molecule has 6 N–H and O–H groups in total. The molecule has 0 unspecified atom stereocenters. The van der Waals surface area contributed by atoms with Crippen molar-refractivity contribution in [3.8, 4) is 5.75 Å². The van der Waals surface area contributed by atoms with Crippen LogP contribution in [-0.4, -0.2) is 28.0 Å². The van der Waals surface area contributed by atoms with Gasteiger partial charge in [-0.25, -0.2) is 4.39 Å². The lowest BCUT2D eigenvalue weighted by Gasteiger charge is -2.30. The van der Waals surface area contributed by atoms with Crippen molar-refractivity contribution in [1.29, 1.82) is 0 Å². The highest BCUT2D eigenvalue weighted by Gasteiger charge is 2.32. The number of amides is 1. The average Bonchev–Trinajstić information content (AvgIpc) is 2.64. The van der Waals surface area contributed by atoms with Gasteiger partial charge in [-0.2, -0.15) is 0 Å². The van der Waals surface area contributed by atoms with Crippen molar-refractivity contribution < 1.29 is 14.3 Å². The number of nitrogens with zero attached hydrogens (tertiary/aromatic N) is 1. The summed E-state index contributed by atoms with van der Waals surface area (Å²) in [6.07, 6.45) is 0.961. The number of nitrogens with one attached hydrogen (secondary N) is 1. The number of halogens is 3. The molecule has 0 aromatic heterocycles. The first-order valence-corrected chi connectivity index (χ1v) is 9.88. The van der Waals surface area contributed by atoms with Crippen LogP contribution in [0.25, 0.3) is 0 Å². The summed E-state index contributed by atoms with van der Waals surface area (Å²) < 4.78 is 14.5. The minimum Gasteiger partial charge on any atom is -0.508 e. The van der Waals surface area contributed by atoms with Crippen LogP contribution in [0, 0.1) is 5.82 Å². The maximum atomic E-state index is 14.5. The third kappa shape index (κ3) is 6.25. The molecular weight excluding hydrogens is 450 g/mol. The van der Waals surface area contributed by atoms with Gasteiger partial charge in [0.05, 0.1) is 11.6 Å². The molecule has 1 heterocycles. The van der Waals surface area contributed by atoms with Gasteiger partial charge in [-0.15, -0.1) is 24.8 Å². The van der Waals surface area contributed by atoms with Gasteiger partial charge in [-0.05, 0) is 55.7 Å². The topological polar surface area (TPSA) is 114 Å². The minimum atomic E-state index is -0.784. The number of phenolic OH excluding ortho intramolecular Hbond substituents is 1. The number of benzene rings is 2. The highest BCUT2D eigenvalue weighted by molar-refractivity contribution is 8.13. The van der Waals surface area contributed by atoms with Gasteiger partial charge in [0.1, 0.15) is 11.6 Å². The van der Waals surface area contributed by atoms with Gasteiger partial charge in [0.15, 0.2) is 5.17 Å². The first kappa shape index (κ1) is 26.0. The number of amidine groups is 1. The number of rotatable bonds is 5. The van der Waals surface area contributed by atoms with Crippen LogP contribution in [0.15, 0.2) is 47.5 Å². The summed E-state index contributed by atoms with van der Waals surface area (Å²) in [6.45, 7) is 1.83. The van der Waals surface area contributed by atoms with Crippen molar-refractivity contribution >= 4 is 53.3 Å². The highest BCUT2D eigenvalue weighted by atomic mass is 35.5. The van der Waals surface area contributed by atoms with E-state index >= 15 is 0 Å². The molecule has 1 aliphatic rings. The summed E-state index contributed by atoms with van der Waals surface area (Å²) in [5.74, 6) is 0.133. The fraction of sp³-hybridized carbons (Fsp3) is 0.300. The Labute approximate surface area is 191 Å². The molecule has 6 nitrogen and oxygen atoms in total. The van der Waals surface area contributed by atoms with Gasteiger partial charge in [0.25, 0.3) is 0 Å². The number of aliphatic imine (C=N–C) groups is 1. The molecule has 0 aliphatic carbocycles. The van der Waals surface area contributed by atoms with E-state index < -0.39 is 17.4 Å². The summed E-state index contributed by atoms with van der Waals surface area (Å²) in [6, 6.07) is 10.1. The molecule has 0 saturated carbocycles. The maximum absolute atomic E-state index is 14.5. The van der Waals surface area contributed by atoms with Crippen LogP contribution >= 0.6 is 36.6 Å². The number of carbonyl (C=O) groups is 1. The van der Waals surface area contributed by atoms with Gasteiger partial charge in [-0.3, -0.25) is 9.79 Å². The van der Waals surface area contributed by atoms with E-state index in [1.807, 2.05) is 6.92 Å². The molecule has 10 heteroatoms. The van der Waals surface area contributed by atoms with E-state index in [1.165, 1.54) is 23.9 Å². The van der Waals surface area contributed by atoms with Gasteiger partial charge in [0.2, 0.25) is 5.91 Å². The van der Waals surface area contributed by atoms with Crippen LogP contribution in [0.2, 0.25) is 0 Å². The standard InChI is InChI=1S/C20H23FN4O2S.2ClH/c1-20(8-9-28-19(23)25-20)15-11-13(4-7-16(15)21)24-18(27)17(22)10-12-2-5-14(26)6-3-12;;/h2-7,11,17,26H,8-10,22H2,1H3,(H2,23,25)(H,24,27);2*1H/t17-,20+;;/m1../s1. The Balaban J connectivity index is 0.00000225. The molecule has 1 aliphatic heterocycles.